The Morgan fingerprint density at radius 1 is 0.822 bits per heavy atom. The summed E-state index contributed by atoms with van der Waals surface area (Å²) in [7, 11) is 0. The topological polar surface area (TPSA) is 98.9 Å². The summed E-state index contributed by atoms with van der Waals surface area (Å²) < 4.78 is 7.16. The molecular formula is C33H44Cl2N6O2S2. The number of nitrogens with one attached hydrogen (secondary N) is 3. The number of nitrogens with zero attached hydrogens (tertiary/aromatic N) is 3. The molecule has 0 spiro atoms. The van der Waals surface area contributed by atoms with Crippen molar-refractivity contribution in [2.45, 2.75) is 89.6 Å². The first-order valence-corrected chi connectivity index (χ1v) is 18.3. The summed E-state index contributed by atoms with van der Waals surface area (Å²) in [6.45, 7) is 9.35. The molecule has 2 aliphatic heterocycles. The number of likely N-dealkylation sites (tertiary alicyclic amines) is 1. The van der Waals surface area contributed by atoms with Gasteiger partial charge in [-0.15, -0.1) is 22.7 Å². The summed E-state index contributed by atoms with van der Waals surface area (Å²) in [5, 5.41) is 18.7. The highest BCUT2D eigenvalue weighted by Crippen LogP contribution is 2.29. The molecule has 0 aromatic carbocycles. The molecule has 12 heteroatoms. The molecule has 0 bridgehead atoms. The van der Waals surface area contributed by atoms with Gasteiger partial charge in [-0.25, -0.2) is 4.79 Å². The van der Waals surface area contributed by atoms with Crippen LogP contribution in [0.15, 0.2) is 36.4 Å². The summed E-state index contributed by atoms with van der Waals surface area (Å²) in [6.07, 6.45) is 7.97. The first-order chi connectivity index (χ1) is 21.6. The van der Waals surface area contributed by atoms with Gasteiger partial charge in [0.25, 0.3) is 0 Å². The number of hydrogen-bond acceptors (Lipinski definition) is 7. The van der Waals surface area contributed by atoms with Crippen LogP contribution in [0.1, 0.15) is 90.8 Å². The van der Waals surface area contributed by atoms with Crippen molar-refractivity contribution in [2.75, 3.05) is 26.2 Å². The van der Waals surface area contributed by atoms with E-state index in [-0.39, 0.29) is 6.09 Å². The largest absolute Gasteiger partial charge is 0.444 e. The number of aryl methyl sites for hydroxylation is 4. The van der Waals surface area contributed by atoms with Crippen molar-refractivity contribution in [3.63, 3.8) is 0 Å². The fraction of sp³-hybridized carbons (Fsp3) is 0.545. The Hall–Kier alpha value is -2.37. The molecule has 2 saturated heterocycles. The molecule has 2 aliphatic rings. The van der Waals surface area contributed by atoms with Crippen LogP contribution in [-0.2, 0) is 30.4 Å². The van der Waals surface area contributed by atoms with Crippen LogP contribution in [0.4, 0.5) is 4.79 Å². The summed E-state index contributed by atoms with van der Waals surface area (Å²) in [5.74, 6) is 1.03. The number of carbonyl (C=O) groups is 1. The lowest BCUT2D eigenvalue weighted by atomic mass is 9.93. The number of aromatic amines is 2. The maximum Gasteiger partial charge on any atom is 0.410 e. The van der Waals surface area contributed by atoms with Crippen LogP contribution >= 0.6 is 45.9 Å². The van der Waals surface area contributed by atoms with Crippen LogP contribution in [0, 0.1) is 0 Å². The van der Waals surface area contributed by atoms with Gasteiger partial charge in [0, 0.05) is 46.1 Å². The van der Waals surface area contributed by atoms with E-state index in [1.54, 1.807) is 27.6 Å². The van der Waals surface area contributed by atoms with Gasteiger partial charge in [-0.1, -0.05) is 23.2 Å². The molecule has 0 saturated carbocycles. The molecule has 0 aliphatic carbocycles. The Morgan fingerprint density at radius 3 is 1.76 bits per heavy atom. The number of ether oxygens (including phenoxy) is 1. The molecule has 0 atom stereocenters. The molecule has 8 nitrogen and oxygen atoms in total. The molecule has 4 aromatic rings. The van der Waals surface area contributed by atoms with E-state index in [1.165, 1.54) is 34.0 Å². The third-order valence-corrected chi connectivity index (χ3v) is 10.7. The van der Waals surface area contributed by atoms with Crippen LogP contribution in [0.25, 0.3) is 0 Å². The predicted molar refractivity (Wildman–Crippen MR) is 185 cm³/mol. The van der Waals surface area contributed by atoms with Gasteiger partial charge in [0.2, 0.25) is 0 Å². The van der Waals surface area contributed by atoms with Gasteiger partial charge in [-0.05, 0) is 122 Å². The smallest absolute Gasteiger partial charge is 0.410 e. The highest BCUT2D eigenvalue weighted by Gasteiger charge is 2.28. The van der Waals surface area contributed by atoms with E-state index in [2.05, 4.69) is 50.0 Å². The Morgan fingerprint density at radius 2 is 1.31 bits per heavy atom. The van der Waals surface area contributed by atoms with Gasteiger partial charge >= 0.3 is 6.09 Å². The van der Waals surface area contributed by atoms with Crippen LogP contribution in [0.3, 0.4) is 0 Å². The monoisotopic (exact) mass is 690 g/mol. The normalized spacial score (nSPS) is 16.4. The molecule has 3 N–H and O–H groups in total. The number of thiophene rings is 2. The van der Waals surface area contributed by atoms with Crippen molar-refractivity contribution in [1.82, 2.24) is 30.6 Å². The lowest BCUT2D eigenvalue weighted by molar-refractivity contribution is 0.0204. The number of carbonyl (C=O) groups excluding carboxylic acids is 1. The van der Waals surface area contributed by atoms with E-state index < -0.39 is 5.60 Å². The molecule has 1 amide bonds. The van der Waals surface area contributed by atoms with E-state index in [4.69, 9.17) is 27.9 Å². The Balaban J connectivity index is 0.000000186. The first-order valence-electron chi connectivity index (χ1n) is 15.9. The average Bonchev–Trinajstić information content (AvgIpc) is 3.84. The third kappa shape index (κ3) is 10.6. The van der Waals surface area contributed by atoms with E-state index in [9.17, 15) is 4.79 Å². The lowest BCUT2D eigenvalue weighted by Gasteiger charge is -2.32. The first kappa shape index (κ1) is 34.0. The minimum atomic E-state index is -0.447. The molecule has 6 rings (SSSR count). The summed E-state index contributed by atoms with van der Waals surface area (Å²) in [6, 6.07) is 12.5. The third-order valence-electron chi connectivity index (χ3n) is 8.16. The number of halogens is 2. The quantitative estimate of drug-likeness (QED) is 0.172. The number of aromatic nitrogens is 4. The number of H-pyrrole nitrogens is 2. The molecule has 0 unspecified atom stereocenters. The van der Waals surface area contributed by atoms with Gasteiger partial charge in [0.1, 0.15) is 5.60 Å². The van der Waals surface area contributed by atoms with Gasteiger partial charge in [-0.2, -0.15) is 10.2 Å². The zero-order valence-corrected chi connectivity index (χ0v) is 29.5. The Labute approximate surface area is 284 Å². The Bertz CT molecular complexity index is 1490. The maximum absolute atomic E-state index is 12.2. The second-order valence-corrected chi connectivity index (χ2v) is 16.4. The fourth-order valence-corrected chi connectivity index (χ4v) is 7.90. The van der Waals surface area contributed by atoms with E-state index >= 15 is 0 Å². The standard InChI is InChI=1S/C19H26ClN3O2S.C14H18ClN3S/c1-19(2,3)25-18(24)23-10-8-13(9-11-23)16-12-14(21-22-16)4-5-15-6-7-17(20)26-15;15-14-4-3-12(19-14)2-1-11-9-13(18-17-11)10-5-7-16-8-6-10/h6-7,12-13H,4-5,8-11H2,1-3H3,(H,21,22);3-4,9-10,16H,1-2,5-8H2,(H,17,18). The zero-order chi connectivity index (χ0) is 31.8. The van der Waals surface area contributed by atoms with Gasteiger partial charge in [0.15, 0.2) is 0 Å². The molecule has 4 aromatic heterocycles. The minimum absolute atomic E-state index is 0.215. The van der Waals surface area contributed by atoms with Crippen LogP contribution in [0.2, 0.25) is 8.67 Å². The molecule has 0 radical (unpaired) electrons. The van der Waals surface area contributed by atoms with Crippen molar-refractivity contribution < 1.29 is 9.53 Å². The van der Waals surface area contributed by atoms with Crippen molar-refractivity contribution in [1.29, 1.82) is 0 Å². The van der Waals surface area contributed by atoms with Gasteiger partial charge in [0.05, 0.1) is 20.1 Å². The molecule has 244 valence electrons. The van der Waals surface area contributed by atoms with Gasteiger partial charge < -0.3 is 15.0 Å². The number of hydrogen-bond donors (Lipinski definition) is 3. The van der Waals surface area contributed by atoms with Crippen LogP contribution in [0.5, 0.6) is 0 Å². The van der Waals surface area contributed by atoms with Crippen LogP contribution in [-0.4, -0.2) is 63.2 Å². The minimum Gasteiger partial charge on any atom is -0.444 e. The molecule has 2 fully saturated rings. The van der Waals surface area contributed by atoms with Crippen molar-refractivity contribution in [2.24, 2.45) is 0 Å². The second-order valence-electron chi connectivity index (χ2n) is 12.8. The van der Waals surface area contributed by atoms with E-state index in [1.807, 2.05) is 32.9 Å². The molecule has 6 heterocycles. The highest BCUT2D eigenvalue weighted by molar-refractivity contribution is 7.16. The summed E-state index contributed by atoms with van der Waals surface area (Å²) in [4.78, 5) is 16.6. The highest BCUT2D eigenvalue weighted by atomic mass is 35.5. The molecular weight excluding hydrogens is 647 g/mol. The zero-order valence-electron chi connectivity index (χ0n) is 26.3. The van der Waals surface area contributed by atoms with E-state index in [0.29, 0.717) is 11.8 Å². The van der Waals surface area contributed by atoms with Crippen molar-refractivity contribution in [3.8, 4) is 0 Å². The van der Waals surface area contributed by atoms with Crippen molar-refractivity contribution >= 4 is 52.0 Å². The van der Waals surface area contributed by atoms with Crippen LogP contribution < -0.4 is 5.32 Å². The van der Waals surface area contributed by atoms with Crippen molar-refractivity contribution in [3.05, 3.63) is 77.6 Å². The van der Waals surface area contributed by atoms with E-state index in [0.717, 1.165) is 84.8 Å². The Kier molecular flexibility index (Phi) is 12.0. The predicted octanol–water partition coefficient (Wildman–Crippen LogP) is 8.40. The van der Waals surface area contributed by atoms with Gasteiger partial charge in [-0.3, -0.25) is 10.2 Å². The summed E-state index contributed by atoms with van der Waals surface area (Å²) in [5.41, 5.74) is 4.28. The SMILES string of the molecule is CC(C)(C)OC(=O)N1CCC(c2cc(CCc3ccc(Cl)s3)[nH]n2)CC1.Clc1ccc(CCc2cc(C3CCNCC3)n[nH]2)s1. The number of rotatable bonds is 8. The fourth-order valence-electron chi connectivity index (χ4n) is 5.72. The molecule has 45 heavy (non-hydrogen) atoms. The number of amides is 1. The summed E-state index contributed by atoms with van der Waals surface area (Å²) >= 11 is 15.2. The number of piperidine rings is 2. The average molecular weight is 692 g/mol. The lowest BCUT2D eigenvalue weighted by Crippen LogP contribution is -2.41. The second kappa shape index (κ2) is 16.0. The maximum atomic E-state index is 12.2.